The summed E-state index contributed by atoms with van der Waals surface area (Å²) in [5.41, 5.74) is 7.37. The number of amides is 2. The Kier molecular flexibility index (Phi) is 5.77. The van der Waals surface area contributed by atoms with E-state index in [1.54, 1.807) is 4.90 Å². The Bertz CT molecular complexity index is 559. The second-order valence-corrected chi connectivity index (χ2v) is 6.15. The van der Waals surface area contributed by atoms with Crippen molar-refractivity contribution in [3.05, 3.63) is 29.8 Å². The number of nitrogens with two attached hydrogens (primary N) is 1. The summed E-state index contributed by atoms with van der Waals surface area (Å²) in [5.74, 6) is -0.188. The maximum absolute atomic E-state index is 12.5. The first-order chi connectivity index (χ1) is 11.1. The van der Waals surface area contributed by atoms with E-state index < -0.39 is 5.41 Å². The van der Waals surface area contributed by atoms with Gasteiger partial charge in [0.05, 0.1) is 12.0 Å². The highest BCUT2D eigenvalue weighted by atomic mass is 16.2. The van der Waals surface area contributed by atoms with Gasteiger partial charge in [-0.3, -0.25) is 9.59 Å². The summed E-state index contributed by atoms with van der Waals surface area (Å²) < 4.78 is 0. The normalized spacial score (nSPS) is 14.3. The number of para-hydroxylation sites is 1. The molecule has 0 saturated heterocycles. The molecule has 0 saturated carbocycles. The molecule has 5 heteroatoms. The maximum atomic E-state index is 12.5. The molecule has 0 fully saturated rings. The summed E-state index contributed by atoms with van der Waals surface area (Å²) in [7, 11) is 0. The molecule has 0 bridgehead atoms. The molecule has 5 nitrogen and oxygen atoms in total. The Labute approximate surface area is 138 Å². The van der Waals surface area contributed by atoms with E-state index in [2.05, 4.69) is 11.4 Å². The fourth-order valence-electron chi connectivity index (χ4n) is 3.18. The number of anilines is 1. The minimum atomic E-state index is -0.569. The van der Waals surface area contributed by atoms with Crippen molar-refractivity contribution in [2.45, 2.75) is 39.5 Å². The standard InChI is InChI=1S/C18H27N3O2/c1-3-18(4-2,13-19)17(23)20-12-16(22)21-11-7-9-14-8-5-6-10-15(14)21/h5-6,8,10H,3-4,7,9,11-13,19H2,1-2H3,(H,20,23). The van der Waals surface area contributed by atoms with Gasteiger partial charge < -0.3 is 16.0 Å². The largest absolute Gasteiger partial charge is 0.346 e. The predicted molar refractivity (Wildman–Crippen MR) is 92.2 cm³/mol. The van der Waals surface area contributed by atoms with Gasteiger partial charge in [-0.05, 0) is 37.3 Å². The van der Waals surface area contributed by atoms with Crippen molar-refractivity contribution < 1.29 is 9.59 Å². The lowest BCUT2D eigenvalue weighted by molar-refractivity contribution is -0.132. The van der Waals surface area contributed by atoms with Gasteiger partial charge in [0.15, 0.2) is 0 Å². The number of hydrogen-bond acceptors (Lipinski definition) is 3. The zero-order chi connectivity index (χ0) is 16.9. The van der Waals surface area contributed by atoms with E-state index in [4.69, 9.17) is 5.73 Å². The minimum absolute atomic E-state index is 0.0227. The summed E-state index contributed by atoms with van der Waals surface area (Å²) in [6.45, 7) is 4.94. The number of carbonyl (C=O) groups is 2. The first-order valence-electron chi connectivity index (χ1n) is 8.44. The minimum Gasteiger partial charge on any atom is -0.346 e. The molecule has 2 rings (SSSR count). The quantitative estimate of drug-likeness (QED) is 0.841. The summed E-state index contributed by atoms with van der Waals surface area (Å²) in [5, 5.41) is 2.79. The van der Waals surface area contributed by atoms with Crippen LogP contribution in [-0.4, -0.2) is 31.4 Å². The monoisotopic (exact) mass is 317 g/mol. The lowest BCUT2D eigenvalue weighted by atomic mass is 9.81. The average Bonchev–Trinajstić information content (AvgIpc) is 2.61. The highest BCUT2D eigenvalue weighted by Gasteiger charge is 2.33. The van der Waals surface area contributed by atoms with Crippen LogP contribution in [0.15, 0.2) is 24.3 Å². The molecule has 1 aromatic rings. The molecule has 0 atom stereocenters. The third-order valence-corrected chi connectivity index (χ3v) is 5.04. The van der Waals surface area contributed by atoms with Crippen LogP contribution in [0.25, 0.3) is 0 Å². The van der Waals surface area contributed by atoms with Crippen LogP contribution in [0, 0.1) is 5.41 Å². The number of nitrogens with one attached hydrogen (secondary N) is 1. The lowest BCUT2D eigenvalue weighted by Crippen LogP contribution is -2.49. The average molecular weight is 317 g/mol. The van der Waals surface area contributed by atoms with Crippen LogP contribution in [0.3, 0.4) is 0 Å². The van der Waals surface area contributed by atoms with E-state index in [0.717, 1.165) is 18.5 Å². The number of hydrogen-bond donors (Lipinski definition) is 2. The van der Waals surface area contributed by atoms with Crippen molar-refractivity contribution in [2.75, 3.05) is 24.5 Å². The van der Waals surface area contributed by atoms with Gasteiger partial charge in [0.1, 0.15) is 0 Å². The van der Waals surface area contributed by atoms with Gasteiger partial charge in [-0.15, -0.1) is 0 Å². The second kappa shape index (κ2) is 7.59. The Balaban J connectivity index is 2.02. The number of benzene rings is 1. The lowest BCUT2D eigenvalue weighted by Gasteiger charge is -2.31. The molecule has 0 spiro atoms. The molecule has 2 amide bonds. The SMILES string of the molecule is CCC(CC)(CN)C(=O)NCC(=O)N1CCCc2ccccc21. The Morgan fingerprint density at radius 2 is 1.96 bits per heavy atom. The van der Waals surface area contributed by atoms with Gasteiger partial charge in [-0.1, -0.05) is 32.0 Å². The van der Waals surface area contributed by atoms with E-state index in [0.29, 0.717) is 25.9 Å². The number of aryl methyl sites for hydroxylation is 1. The van der Waals surface area contributed by atoms with Crippen molar-refractivity contribution >= 4 is 17.5 Å². The van der Waals surface area contributed by atoms with E-state index in [-0.39, 0.29) is 18.4 Å². The van der Waals surface area contributed by atoms with Crippen LogP contribution in [0.5, 0.6) is 0 Å². The van der Waals surface area contributed by atoms with Crippen molar-refractivity contribution in [3.63, 3.8) is 0 Å². The van der Waals surface area contributed by atoms with Gasteiger partial charge in [-0.25, -0.2) is 0 Å². The van der Waals surface area contributed by atoms with Gasteiger partial charge in [0.25, 0.3) is 0 Å². The number of fused-ring (bicyclic) bond motifs is 1. The molecule has 1 heterocycles. The second-order valence-electron chi connectivity index (χ2n) is 6.15. The molecule has 1 aliphatic rings. The molecular weight excluding hydrogens is 290 g/mol. The van der Waals surface area contributed by atoms with Crippen LogP contribution in [0.2, 0.25) is 0 Å². The number of rotatable bonds is 6. The van der Waals surface area contributed by atoms with Crippen molar-refractivity contribution in [2.24, 2.45) is 11.1 Å². The summed E-state index contributed by atoms with van der Waals surface area (Å²) in [6, 6.07) is 7.96. The highest BCUT2D eigenvalue weighted by molar-refractivity contribution is 5.98. The molecular formula is C18H27N3O2. The zero-order valence-corrected chi connectivity index (χ0v) is 14.1. The molecule has 3 N–H and O–H groups in total. The predicted octanol–water partition coefficient (Wildman–Crippen LogP) is 1.85. The van der Waals surface area contributed by atoms with E-state index in [9.17, 15) is 9.59 Å². The fourth-order valence-corrected chi connectivity index (χ4v) is 3.18. The third-order valence-electron chi connectivity index (χ3n) is 5.04. The molecule has 1 aromatic carbocycles. The summed E-state index contributed by atoms with van der Waals surface area (Å²) >= 11 is 0. The molecule has 0 radical (unpaired) electrons. The van der Waals surface area contributed by atoms with Crippen LogP contribution in [-0.2, 0) is 16.0 Å². The fraction of sp³-hybridized carbons (Fsp3) is 0.556. The maximum Gasteiger partial charge on any atom is 0.246 e. The first-order valence-corrected chi connectivity index (χ1v) is 8.44. The molecule has 0 unspecified atom stereocenters. The van der Waals surface area contributed by atoms with Crippen LogP contribution in [0.1, 0.15) is 38.7 Å². The molecule has 0 aliphatic carbocycles. The van der Waals surface area contributed by atoms with Crippen molar-refractivity contribution in [1.29, 1.82) is 0 Å². The summed E-state index contributed by atoms with van der Waals surface area (Å²) in [6.07, 6.45) is 3.29. The van der Waals surface area contributed by atoms with E-state index >= 15 is 0 Å². The van der Waals surface area contributed by atoms with Gasteiger partial charge in [-0.2, -0.15) is 0 Å². The molecule has 0 aromatic heterocycles. The Morgan fingerprint density at radius 3 is 2.61 bits per heavy atom. The first kappa shape index (κ1) is 17.5. The smallest absolute Gasteiger partial charge is 0.246 e. The van der Waals surface area contributed by atoms with Crippen molar-refractivity contribution in [3.8, 4) is 0 Å². The van der Waals surface area contributed by atoms with Crippen LogP contribution < -0.4 is 16.0 Å². The number of carbonyl (C=O) groups excluding carboxylic acids is 2. The highest BCUT2D eigenvalue weighted by Crippen LogP contribution is 2.27. The van der Waals surface area contributed by atoms with Crippen LogP contribution in [0.4, 0.5) is 5.69 Å². The third kappa shape index (κ3) is 3.55. The van der Waals surface area contributed by atoms with Gasteiger partial charge in [0, 0.05) is 18.8 Å². The Morgan fingerprint density at radius 1 is 1.26 bits per heavy atom. The zero-order valence-electron chi connectivity index (χ0n) is 14.1. The van der Waals surface area contributed by atoms with E-state index in [1.807, 2.05) is 32.0 Å². The molecule has 1 aliphatic heterocycles. The number of nitrogens with zero attached hydrogens (tertiary/aromatic N) is 1. The van der Waals surface area contributed by atoms with Crippen LogP contribution >= 0.6 is 0 Å². The van der Waals surface area contributed by atoms with Gasteiger partial charge in [0.2, 0.25) is 11.8 Å². The topological polar surface area (TPSA) is 75.4 Å². The molecule has 126 valence electrons. The Hall–Kier alpha value is -1.88. The van der Waals surface area contributed by atoms with Gasteiger partial charge >= 0.3 is 0 Å². The van der Waals surface area contributed by atoms with Crippen molar-refractivity contribution in [1.82, 2.24) is 5.32 Å². The van der Waals surface area contributed by atoms with E-state index in [1.165, 1.54) is 5.56 Å². The molecule has 23 heavy (non-hydrogen) atoms. The summed E-state index contributed by atoms with van der Waals surface area (Å²) in [4.78, 5) is 26.7.